The summed E-state index contributed by atoms with van der Waals surface area (Å²) in [5, 5.41) is 0. The fourth-order valence-corrected chi connectivity index (χ4v) is 2.87. The minimum atomic E-state index is -0.530. The van der Waals surface area contributed by atoms with E-state index in [1.54, 1.807) is 11.9 Å². The predicted octanol–water partition coefficient (Wildman–Crippen LogP) is 3.75. The van der Waals surface area contributed by atoms with Crippen molar-refractivity contribution in [1.82, 2.24) is 4.90 Å². The minimum absolute atomic E-state index is 0.00388. The van der Waals surface area contributed by atoms with Gasteiger partial charge in [0.2, 0.25) is 0 Å². The number of carbonyl (C=O) groups excluding carboxylic acids is 2. The van der Waals surface area contributed by atoms with Crippen LogP contribution in [-0.4, -0.2) is 40.8 Å². The maximum Gasteiger partial charge on any atom is 0.410 e. The summed E-state index contributed by atoms with van der Waals surface area (Å²) in [4.78, 5) is 25.7. The molecule has 0 radical (unpaired) electrons. The zero-order valence-electron chi connectivity index (χ0n) is 13.0. The number of nitrogens with zero attached hydrogens (tertiary/aromatic N) is 1. The van der Waals surface area contributed by atoms with Crippen molar-refractivity contribution in [1.29, 1.82) is 0 Å². The molecule has 0 aliphatic heterocycles. The lowest BCUT2D eigenvalue weighted by atomic mass is 9.77. The van der Waals surface area contributed by atoms with Crippen LogP contribution >= 0.6 is 11.6 Å². The van der Waals surface area contributed by atoms with Gasteiger partial charge in [0, 0.05) is 13.5 Å². The summed E-state index contributed by atoms with van der Waals surface area (Å²) in [5.74, 6) is -0.00633. The van der Waals surface area contributed by atoms with E-state index in [0.717, 1.165) is 32.1 Å². The van der Waals surface area contributed by atoms with Crippen molar-refractivity contribution in [2.45, 2.75) is 70.4 Å². The first-order chi connectivity index (χ1) is 9.20. The van der Waals surface area contributed by atoms with Crippen molar-refractivity contribution >= 4 is 23.5 Å². The number of halogens is 1. The van der Waals surface area contributed by atoms with Gasteiger partial charge in [0.05, 0.1) is 11.4 Å². The topological polar surface area (TPSA) is 46.6 Å². The highest BCUT2D eigenvalue weighted by Gasteiger charge is 2.41. The Morgan fingerprint density at radius 1 is 1.20 bits per heavy atom. The van der Waals surface area contributed by atoms with Crippen LogP contribution in [0.15, 0.2) is 0 Å². The molecule has 1 aliphatic rings. The van der Waals surface area contributed by atoms with Crippen LogP contribution in [0.2, 0.25) is 0 Å². The molecule has 116 valence electrons. The summed E-state index contributed by atoms with van der Waals surface area (Å²) in [6.45, 7) is 5.53. The molecule has 0 aromatic heterocycles. The second-order valence-electron chi connectivity index (χ2n) is 6.67. The van der Waals surface area contributed by atoms with Gasteiger partial charge in [-0.05, 0) is 33.6 Å². The Kier molecular flexibility index (Phi) is 5.87. The van der Waals surface area contributed by atoms with E-state index >= 15 is 0 Å². The molecule has 0 atom stereocenters. The molecule has 20 heavy (non-hydrogen) atoms. The van der Waals surface area contributed by atoms with E-state index < -0.39 is 11.1 Å². The van der Waals surface area contributed by atoms with Crippen LogP contribution in [0.25, 0.3) is 0 Å². The average molecular weight is 304 g/mol. The second-order valence-corrected chi connectivity index (χ2v) is 6.94. The molecule has 1 saturated carbocycles. The van der Waals surface area contributed by atoms with Crippen LogP contribution < -0.4 is 0 Å². The number of Topliss-reactive ketones (excluding diaryl/α,β-unsaturated/α-hetero) is 1. The number of hydrogen-bond acceptors (Lipinski definition) is 3. The minimum Gasteiger partial charge on any atom is -0.444 e. The Balaban J connectivity index is 2.86. The van der Waals surface area contributed by atoms with Crippen molar-refractivity contribution in [3.63, 3.8) is 0 Å². The lowest BCUT2D eigenvalue weighted by Gasteiger charge is -2.44. The molecule has 0 heterocycles. The van der Waals surface area contributed by atoms with E-state index in [0.29, 0.717) is 6.42 Å². The molecule has 0 N–H and O–H groups in total. The third-order valence-electron chi connectivity index (χ3n) is 3.84. The molecule has 0 aromatic rings. The maximum absolute atomic E-state index is 12.3. The summed E-state index contributed by atoms with van der Waals surface area (Å²) in [7, 11) is 1.74. The first kappa shape index (κ1) is 17.3. The van der Waals surface area contributed by atoms with Crippen LogP contribution in [0.5, 0.6) is 0 Å². The highest BCUT2D eigenvalue weighted by molar-refractivity contribution is 6.27. The van der Waals surface area contributed by atoms with Crippen molar-refractivity contribution < 1.29 is 14.3 Å². The quantitative estimate of drug-likeness (QED) is 0.743. The van der Waals surface area contributed by atoms with Gasteiger partial charge in [0.1, 0.15) is 11.4 Å². The summed E-state index contributed by atoms with van der Waals surface area (Å²) >= 11 is 5.64. The second kappa shape index (κ2) is 6.79. The zero-order chi connectivity index (χ0) is 15.4. The van der Waals surface area contributed by atoms with Crippen LogP contribution in [0, 0.1) is 0 Å². The van der Waals surface area contributed by atoms with Crippen molar-refractivity contribution in [3.8, 4) is 0 Å². The molecule has 0 aromatic carbocycles. The highest BCUT2D eigenvalue weighted by atomic mass is 35.5. The molecule has 5 heteroatoms. The van der Waals surface area contributed by atoms with E-state index in [1.807, 2.05) is 20.8 Å². The van der Waals surface area contributed by atoms with E-state index in [4.69, 9.17) is 16.3 Å². The van der Waals surface area contributed by atoms with Gasteiger partial charge in [0.15, 0.2) is 0 Å². The molecule has 0 unspecified atom stereocenters. The molecular weight excluding hydrogens is 278 g/mol. The van der Waals surface area contributed by atoms with E-state index in [9.17, 15) is 9.59 Å². The third kappa shape index (κ3) is 4.65. The number of ether oxygens (including phenoxy) is 1. The number of alkyl halides is 1. The number of rotatable bonds is 4. The van der Waals surface area contributed by atoms with Gasteiger partial charge >= 0.3 is 6.09 Å². The molecule has 1 fully saturated rings. The fourth-order valence-electron chi connectivity index (χ4n) is 2.78. The smallest absolute Gasteiger partial charge is 0.410 e. The van der Waals surface area contributed by atoms with Gasteiger partial charge in [-0.15, -0.1) is 11.6 Å². The molecular formula is C15H26ClNO3. The third-order valence-corrected chi connectivity index (χ3v) is 4.14. The Hall–Kier alpha value is -0.770. The number of carbonyl (C=O) groups is 2. The molecule has 0 spiro atoms. The zero-order valence-corrected chi connectivity index (χ0v) is 13.8. The lowest BCUT2D eigenvalue weighted by molar-refractivity contribution is -0.120. The Morgan fingerprint density at radius 3 is 2.20 bits per heavy atom. The Morgan fingerprint density at radius 2 is 1.75 bits per heavy atom. The normalized spacial score (nSPS) is 18.4. The van der Waals surface area contributed by atoms with Crippen LogP contribution in [-0.2, 0) is 9.53 Å². The van der Waals surface area contributed by atoms with E-state index in [1.165, 1.54) is 0 Å². The van der Waals surface area contributed by atoms with Gasteiger partial charge in [-0.25, -0.2) is 4.79 Å². The predicted molar refractivity (Wildman–Crippen MR) is 80.2 cm³/mol. The fraction of sp³-hybridized carbons (Fsp3) is 0.867. The van der Waals surface area contributed by atoms with Gasteiger partial charge in [-0.2, -0.15) is 0 Å². The van der Waals surface area contributed by atoms with Crippen molar-refractivity contribution in [3.05, 3.63) is 0 Å². The molecule has 0 saturated heterocycles. The highest BCUT2D eigenvalue weighted by Crippen LogP contribution is 2.36. The summed E-state index contributed by atoms with van der Waals surface area (Å²) in [6.07, 6.45) is 4.86. The van der Waals surface area contributed by atoms with Crippen LogP contribution in [0.4, 0.5) is 4.79 Å². The van der Waals surface area contributed by atoms with Gasteiger partial charge in [-0.3, -0.25) is 4.79 Å². The average Bonchev–Trinajstić information content (AvgIpc) is 2.36. The molecule has 1 rings (SSSR count). The molecule has 1 amide bonds. The number of ketones is 1. The summed E-state index contributed by atoms with van der Waals surface area (Å²) in [5.41, 5.74) is -0.954. The van der Waals surface area contributed by atoms with E-state index in [2.05, 4.69) is 0 Å². The Labute approximate surface area is 126 Å². The van der Waals surface area contributed by atoms with Crippen LogP contribution in [0.3, 0.4) is 0 Å². The number of hydrogen-bond donors (Lipinski definition) is 0. The maximum atomic E-state index is 12.3. The van der Waals surface area contributed by atoms with Gasteiger partial charge < -0.3 is 9.64 Å². The first-order valence-electron chi connectivity index (χ1n) is 7.25. The lowest BCUT2D eigenvalue weighted by Crippen LogP contribution is -2.53. The monoisotopic (exact) mass is 303 g/mol. The van der Waals surface area contributed by atoms with Gasteiger partial charge in [-0.1, -0.05) is 19.3 Å². The summed E-state index contributed by atoms with van der Waals surface area (Å²) < 4.78 is 5.44. The number of amides is 1. The van der Waals surface area contributed by atoms with Crippen molar-refractivity contribution in [2.24, 2.45) is 0 Å². The SMILES string of the molecule is CN(C(=O)OC(C)(C)C)C1(CC(=O)CCl)CCCCC1. The van der Waals surface area contributed by atoms with Gasteiger partial charge in [0.25, 0.3) is 0 Å². The largest absolute Gasteiger partial charge is 0.444 e. The molecule has 4 nitrogen and oxygen atoms in total. The van der Waals surface area contributed by atoms with Crippen LogP contribution in [0.1, 0.15) is 59.3 Å². The first-order valence-corrected chi connectivity index (χ1v) is 7.78. The van der Waals surface area contributed by atoms with E-state index in [-0.39, 0.29) is 17.8 Å². The molecule has 1 aliphatic carbocycles. The Bertz CT molecular complexity index is 357. The molecule has 0 bridgehead atoms. The standard InChI is InChI=1S/C15H26ClNO3/c1-14(2,3)20-13(19)17(4)15(10-12(18)11-16)8-6-5-7-9-15/h5-11H2,1-4H3. The summed E-state index contributed by atoms with van der Waals surface area (Å²) in [6, 6.07) is 0. The van der Waals surface area contributed by atoms with Crippen molar-refractivity contribution in [2.75, 3.05) is 12.9 Å².